The minimum Gasteiger partial charge on any atom is -0.495 e. The Morgan fingerprint density at radius 3 is 2.20 bits per heavy atom. The molecule has 0 saturated carbocycles. The molecule has 3 rings (SSSR count). The lowest BCUT2D eigenvalue weighted by Gasteiger charge is -2.34. The van der Waals surface area contributed by atoms with Crippen LogP contribution in [0.15, 0.2) is 78.9 Å². The van der Waals surface area contributed by atoms with Gasteiger partial charge in [-0.05, 0) is 29.7 Å². The van der Waals surface area contributed by atoms with Crippen LogP contribution >= 0.6 is 0 Å². The number of benzene rings is 3. The fourth-order valence-electron chi connectivity index (χ4n) is 4.22. The zero-order chi connectivity index (χ0) is 29.3. The van der Waals surface area contributed by atoms with E-state index in [1.165, 1.54) is 36.3 Å². The summed E-state index contributed by atoms with van der Waals surface area (Å²) in [4.78, 5) is 28.9. The fraction of sp³-hybridized carbons (Fsp3) is 0.333. The van der Waals surface area contributed by atoms with Gasteiger partial charge in [-0.15, -0.1) is 0 Å². The number of carbonyl (C=O) groups excluding carboxylic acids is 2. The van der Waals surface area contributed by atoms with Gasteiger partial charge in [-0.1, -0.05) is 74.5 Å². The van der Waals surface area contributed by atoms with Crippen molar-refractivity contribution in [2.75, 3.05) is 30.8 Å². The molecule has 0 radical (unpaired) electrons. The maximum atomic E-state index is 14.8. The van der Waals surface area contributed by atoms with Crippen molar-refractivity contribution < 1.29 is 27.1 Å². The van der Waals surface area contributed by atoms with Crippen molar-refractivity contribution in [1.82, 2.24) is 10.2 Å². The fourth-order valence-corrected chi connectivity index (χ4v) is 5.07. The summed E-state index contributed by atoms with van der Waals surface area (Å²) >= 11 is 0. The molecule has 0 bridgehead atoms. The third kappa shape index (κ3) is 8.29. The predicted molar refractivity (Wildman–Crippen MR) is 154 cm³/mol. The van der Waals surface area contributed by atoms with Gasteiger partial charge in [0.1, 0.15) is 24.2 Å². The second kappa shape index (κ2) is 13.9. The van der Waals surface area contributed by atoms with Crippen LogP contribution in [0.2, 0.25) is 0 Å². The maximum absolute atomic E-state index is 14.8. The molecule has 8 nitrogen and oxygen atoms in total. The van der Waals surface area contributed by atoms with Gasteiger partial charge < -0.3 is 15.0 Å². The summed E-state index contributed by atoms with van der Waals surface area (Å²) < 4.78 is 46.9. The van der Waals surface area contributed by atoms with Crippen LogP contribution in [0.25, 0.3) is 0 Å². The molecule has 3 aromatic carbocycles. The first-order chi connectivity index (χ1) is 19.0. The lowest BCUT2D eigenvalue weighted by molar-refractivity contribution is -0.140. The molecule has 1 atom stereocenters. The lowest BCUT2D eigenvalue weighted by atomic mass is 10.0. The lowest BCUT2D eigenvalue weighted by Crippen LogP contribution is -2.53. The van der Waals surface area contributed by atoms with Gasteiger partial charge in [0.25, 0.3) is 0 Å². The first kappa shape index (κ1) is 30.6. The van der Waals surface area contributed by atoms with E-state index in [0.29, 0.717) is 6.54 Å². The Kier molecular flexibility index (Phi) is 10.7. The van der Waals surface area contributed by atoms with E-state index in [4.69, 9.17) is 4.74 Å². The van der Waals surface area contributed by atoms with Crippen molar-refractivity contribution in [2.24, 2.45) is 5.92 Å². The van der Waals surface area contributed by atoms with Gasteiger partial charge >= 0.3 is 0 Å². The van der Waals surface area contributed by atoms with Crippen LogP contribution in [-0.4, -0.2) is 57.6 Å². The van der Waals surface area contributed by atoms with E-state index in [-0.39, 0.29) is 35.9 Å². The number of nitrogens with one attached hydrogen (secondary N) is 1. The minimum atomic E-state index is -3.96. The smallest absolute Gasteiger partial charge is 0.244 e. The Hall–Kier alpha value is -3.92. The number of para-hydroxylation sites is 2. The minimum absolute atomic E-state index is 0.151. The molecule has 0 heterocycles. The van der Waals surface area contributed by atoms with Crippen molar-refractivity contribution in [3.05, 3.63) is 95.8 Å². The summed E-state index contributed by atoms with van der Waals surface area (Å²) in [6.07, 6.45) is 1.14. The molecular formula is C30H36FN3O5S. The van der Waals surface area contributed by atoms with E-state index in [9.17, 15) is 22.4 Å². The summed E-state index contributed by atoms with van der Waals surface area (Å²) in [5.74, 6) is -1.20. The predicted octanol–water partition coefficient (Wildman–Crippen LogP) is 4.01. The van der Waals surface area contributed by atoms with Crippen LogP contribution in [-0.2, 0) is 32.6 Å². The van der Waals surface area contributed by atoms with Crippen LogP contribution in [0.5, 0.6) is 5.75 Å². The molecule has 0 aromatic heterocycles. The normalized spacial score (nSPS) is 12.1. The molecule has 0 aliphatic carbocycles. The number of rotatable bonds is 13. The van der Waals surface area contributed by atoms with E-state index >= 15 is 0 Å². The van der Waals surface area contributed by atoms with Crippen molar-refractivity contribution in [1.29, 1.82) is 0 Å². The Morgan fingerprint density at radius 2 is 1.57 bits per heavy atom. The highest BCUT2D eigenvalue weighted by molar-refractivity contribution is 7.92. The largest absolute Gasteiger partial charge is 0.495 e. The number of amides is 2. The number of hydrogen-bond donors (Lipinski definition) is 1. The number of carbonyl (C=O) groups is 2. The number of nitrogens with zero attached hydrogens (tertiary/aromatic N) is 2. The third-order valence-corrected chi connectivity index (χ3v) is 7.41. The van der Waals surface area contributed by atoms with Gasteiger partial charge in [-0.2, -0.15) is 0 Å². The van der Waals surface area contributed by atoms with Gasteiger partial charge in [0.05, 0.1) is 19.1 Å². The molecule has 214 valence electrons. The number of methoxy groups -OCH3 is 1. The van der Waals surface area contributed by atoms with Crippen molar-refractivity contribution in [3.63, 3.8) is 0 Å². The van der Waals surface area contributed by atoms with Gasteiger partial charge in [-0.3, -0.25) is 13.9 Å². The molecule has 0 saturated heterocycles. The van der Waals surface area contributed by atoms with Crippen LogP contribution < -0.4 is 14.4 Å². The monoisotopic (exact) mass is 569 g/mol. The number of ether oxygens (including phenoxy) is 1. The van der Waals surface area contributed by atoms with Gasteiger partial charge in [0.15, 0.2) is 0 Å². The standard InChI is InChI=1S/C30H36FN3O5S/c1-22(2)19-32-30(36)27(18-23-12-6-5-7-13-23)33(20-24-14-8-9-15-25(24)31)29(35)21-34(40(4,37)38)26-16-10-11-17-28(26)39-3/h5-17,22,27H,18-21H2,1-4H3,(H,32,36). The van der Waals surface area contributed by atoms with Gasteiger partial charge in [0.2, 0.25) is 21.8 Å². The maximum Gasteiger partial charge on any atom is 0.244 e. The molecule has 3 aromatic rings. The van der Waals surface area contributed by atoms with Crippen LogP contribution in [0.1, 0.15) is 25.0 Å². The third-order valence-electron chi connectivity index (χ3n) is 6.29. The molecule has 0 fully saturated rings. The molecule has 10 heteroatoms. The molecule has 1 unspecified atom stereocenters. The number of halogens is 1. The molecular weight excluding hydrogens is 533 g/mol. The van der Waals surface area contributed by atoms with Crippen LogP contribution in [0, 0.1) is 11.7 Å². The van der Waals surface area contributed by atoms with E-state index in [1.807, 2.05) is 44.2 Å². The Bertz CT molecular complexity index is 1400. The Labute approximate surface area is 235 Å². The average molecular weight is 570 g/mol. The van der Waals surface area contributed by atoms with Crippen LogP contribution in [0.3, 0.4) is 0 Å². The summed E-state index contributed by atoms with van der Waals surface area (Å²) in [6, 6.07) is 20.6. The summed E-state index contributed by atoms with van der Waals surface area (Å²) in [7, 11) is -2.55. The molecule has 40 heavy (non-hydrogen) atoms. The SMILES string of the molecule is COc1ccccc1N(CC(=O)N(Cc1ccccc1F)C(Cc1ccccc1)C(=O)NCC(C)C)S(C)(=O)=O. The molecule has 1 N–H and O–H groups in total. The molecule has 0 aliphatic rings. The molecule has 2 amide bonds. The number of sulfonamides is 1. The van der Waals surface area contributed by atoms with Crippen molar-refractivity contribution in [3.8, 4) is 5.75 Å². The van der Waals surface area contributed by atoms with Gasteiger partial charge in [-0.25, -0.2) is 12.8 Å². The highest BCUT2D eigenvalue weighted by Gasteiger charge is 2.34. The highest BCUT2D eigenvalue weighted by atomic mass is 32.2. The van der Waals surface area contributed by atoms with Gasteiger partial charge in [0, 0.05) is 25.1 Å². The van der Waals surface area contributed by atoms with E-state index in [1.54, 1.807) is 24.3 Å². The summed E-state index contributed by atoms with van der Waals surface area (Å²) in [6.45, 7) is 3.43. The zero-order valence-corrected chi connectivity index (χ0v) is 24.0. The van der Waals surface area contributed by atoms with Crippen molar-refractivity contribution in [2.45, 2.75) is 32.9 Å². The van der Waals surface area contributed by atoms with E-state index in [0.717, 1.165) is 16.1 Å². The van der Waals surface area contributed by atoms with E-state index < -0.39 is 40.2 Å². The topological polar surface area (TPSA) is 96.0 Å². The zero-order valence-electron chi connectivity index (χ0n) is 23.2. The summed E-state index contributed by atoms with van der Waals surface area (Å²) in [5.41, 5.74) is 1.17. The summed E-state index contributed by atoms with van der Waals surface area (Å²) in [5, 5.41) is 2.89. The number of anilines is 1. The first-order valence-corrected chi connectivity index (χ1v) is 14.8. The highest BCUT2D eigenvalue weighted by Crippen LogP contribution is 2.30. The second-order valence-corrected chi connectivity index (χ2v) is 11.8. The Balaban J connectivity index is 2.08. The Morgan fingerprint density at radius 1 is 0.950 bits per heavy atom. The van der Waals surface area contributed by atoms with Crippen LogP contribution in [0.4, 0.5) is 10.1 Å². The quantitative estimate of drug-likeness (QED) is 0.336. The van der Waals surface area contributed by atoms with E-state index in [2.05, 4.69) is 5.32 Å². The molecule has 0 aliphatic heterocycles. The molecule has 0 spiro atoms. The average Bonchev–Trinajstić information content (AvgIpc) is 2.93. The van der Waals surface area contributed by atoms with Crippen molar-refractivity contribution >= 4 is 27.5 Å². The first-order valence-electron chi connectivity index (χ1n) is 13.0. The second-order valence-electron chi connectivity index (χ2n) is 9.90. The number of hydrogen-bond acceptors (Lipinski definition) is 5.